The summed E-state index contributed by atoms with van der Waals surface area (Å²) in [4.78, 5) is 39.8. The van der Waals surface area contributed by atoms with Gasteiger partial charge in [0.1, 0.15) is 0 Å². The van der Waals surface area contributed by atoms with Crippen LogP contribution < -0.4 is 14.8 Å². The normalized spacial score (nSPS) is 12.5. The summed E-state index contributed by atoms with van der Waals surface area (Å²) in [5.74, 6) is 1.11. The number of nitrogens with one attached hydrogen (secondary N) is 1. The summed E-state index contributed by atoms with van der Waals surface area (Å²) in [6.07, 6.45) is 0.688. The Balaban J connectivity index is 1.26. The molecular weight excluding hydrogens is 452 g/mol. The van der Waals surface area contributed by atoms with Crippen LogP contribution in [0.4, 0.5) is 5.69 Å². The summed E-state index contributed by atoms with van der Waals surface area (Å²) in [7, 11) is 3.07. The zero-order valence-corrected chi connectivity index (χ0v) is 19.7. The third-order valence-electron chi connectivity index (χ3n) is 5.43. The van der Waals surface area contributed by atoms with Gasteiger partial charge in [0.25, 0.3) is 17.7 Å². The van der Waals surface area contributed by atoms with Crippen molar-refractivity contribution in [3.63, 3.8) is 0 Å². The number of rotatable bonds is 9. The fourth-order valence-corrected chi connectivity index (χ4v) is 4.51. The highest BCUT2D eigenvalue weighted by molar-refractivity contribution is 7.99. The predicted molar refractivity (Wildman–Crippen MR) is 131 cm³/mol. The Kier molecular flexibility index (Phi) is 7.18. The Morgan fingerprint density at radius 3 is 2.15 bits per heavy atom. The predicted octanol–water partition coefficient (Wildman–Crippen LogP) is 4.73. The average molecular weight is 477 g/mol. The molecule has 0 saturated carbocycles. The molecule has 3 aromatic rings. The molecule has 0 aliphatic carbocycles. The molecule has 1 heterocycles. The Bertz CT molecular complexity index is 1190. The van der Waals surface area contributed by atoms with E-state index in [9.17, 15) is 14.4 Å². The maximum absolute atomic E-state index is 12.6. The summed E-state index contributed by atoms with van der Waals surface area (Å²) in [5, 5.41) is 2.87. The zero-order valence-electron chi connectivity index (χ0n) is 18.9. The molecule has 4 rings (SSSR count). The topological polar surface area (TPSA) is 84.9 Å². The van der Waals surface area contributed by atoms with Crippen LogP contribution in [0.15, 0.2) is 71.6 Å². The lowest BCUT2D eigenvalue weighted by Crippen LogP contribution is -2.30. The van der Waals surface area contributed by atoms with E-state index in [0.29, 0.717) is 46.8 Å². The Labute approximate surface area is 202 Å². The number of hydrogen-bond donors (Lipinski definition) is 1. The van der Waals surface area contributed by atoms with Crippen molar-refractivity contribution in [3.05, 3.63) is 83.4 Å². The minimum Gasteiger partial charge on any atom is -0.493 e. The van der Waals surface area contributed by atoms with Gasteiger partial charge < -0.3 is 14.8 Å². The van der Waals surface area contributed by atoms with Crippen LogP contribution in [-0.2, 0) is 0 Å². The van der Waals surface area contributed by atoms with Crippen LogP contribution in [0.1, 0.15) is 37.5 Å². The lowest BCUT2D eigenvalue weighted by Gasteiger charge is -2.13. The van der Waals surface area contributed by atoms with E-state index in [1.165, 1.54) is 12.0 Å². The molecule has 7 nitrogen and oxygen atoms in total. The van der Waals surface area contributed by atoms with Crippen LogP contribution >= 0.6 is 11.8 Å². The molecule has 0 spiro atoms. The molecule has 0 bridgehead atoms. The second kappa shape index (κ2) is 10.4. The van der Waals surface area contributed by atoms with Crippen molar-refractivity contribution < 1.29 is 23.9 Å². The minimum atomic E-state index is -0.248. The molecule has 0 radical (unpaired) electrons. The molecule has 1 aliphatic rings. The number of imide groups is 1. The van der Waals surface area contributed by atoms with Crippen LogP contribution in [0.5, 0.6) is 11.5 Å². The van der Waals surface area contributed by atoms with Gasteiger partial charge in [-0.15, -0.1) is 11.8 Å². The van der Waals surface area contributed by atoms with Crippen molar-refractivity contribution in [1.82, 2.24) is 4.90 Å². The number of nitrogens with zero attached hydrogens (tertiary/aromatic N) is 1. The molecule has 8 heteroatoms. The number of fused-ring (bicyclic) bond motifs is 1. The molecule has 3 aromatic carbocycles. The van der Waals surface area contributed by atoms with E-state index >= 15 is 0 Å². The van der Waals surface area contributed by atoms with E-state index in [0.717, 1.165) is 10.6 Å². The van der Waals surface area contributed by atoms with Gasteiger partial charge in [-0.3, -0.25) is 19.3 Å². The molecule has 174 valence electrons. The van der Waals surface area contributed by atoms with Crippen LogP contribution in [0.3, 0.4) is 0 Å². The first kappa shape index (κ1) is 23.4. The van der Waals surface area contributed by atoms with Gasteiger partial charge in [-0.05, 0) is 66.8 Å². The van der Waals surface area contributed by atoms with E-state index < -0.39 is 0 Å². The van der Waals surface area contributed by atoms with Crippen molar-refractivity contribution in [3.8, 4) is 11.5 Å². The first-order valence-corrected chi connectivity index (χ1v) is 11.7. The average Bonchev–Trinajstić information content (AvgIpc) is 3.11. The Morgan fingerprint density at radius 1 is 0.882 bits per heavy atom. The fraction of sp³-hybridized carbons (Fsp3) is 0.192. The fourth-order valence-electron chi connectivity index (χ4n) is 3.67. The van der Waals surface area contributed by atoms with Gasteiger partial charge in [-0.25, -0.2) is 0 Å². The van der Waals surface area contributed by atoms with Crippen molar-refractivity contribution >= 4 is 35.2 Å². The number of hydrogen-bond acceptors (Lipinski definition) is 6. The van der Waals surface area contributed by atoms with E-state index in [1.54, 1.807) is 61.3 Å². The van der Waals surface area contributed by atoms with Crippen LogP contribution in [-0.4, -0.2) is 49.1 Å². The van der Waals surface area contributed by atoms with Crippen molar-refractivity contribution in [2.75, 3.05) is 31.8 Å². The lowest BCUT2D eigenvalue weighted by atomic mass is 10.1. The monoisotopic (exact) mass is 476 g/mol. The highest BCUT2D eigenvalue weighted by atomic mass is 32.2. The van der Waals surface area contributed by atoms with E-state index in [4.69, 9.17) is 9.47 Å². The van der Waals surface area contributed by atoms with Gasteiger partial charge in [0.2, 0.25) is 0 Å². The van der Waals surface area contributed by atoms with E-state index in [2.05, 4.69) is 5.32 Å². The lowest BCUT2D eigenvalue weighted by molar-refractivity contribution is 0.0654. The van der Waals surface area contributed by atoms with Crippen LogP contribution in [0, 0.1) is 0 Å². The van der Waals surface area contributed by atoms with E-state index in [-0.39, 0.29) is 17.7 Å². The number of benzene rings is 3. The Morgan fingerprint density at radius 2 is 1.53 bits per heavy atom. The number of amides is 3. The molecule has 1 aliphatic heterocycles. The molecular formula is C26H24N2O5S. The molecule has 1 N–H and O–H groups in total. The summed E-state index contributed by atoms with van der Waals surface area (Å²) in [5.41, 5.74) is 2.09. The largest absolute Gasteiger partial charge is 0.493 e. The summed E-state index contributed by atoms with van der Waals surface area (Å²) in [6.45, 7) is 0.388. The first-order chi connectivity index (χ1) is 16.5. The minimum absolute atomic E-state index is 0.222. The maximum atomic E-state index is 12.6. The van der Waals surface area contributed by atoms with Crippen LogP contribution in [0.25, 0.3) is 0 Å². The molecule has 0 unspecified atom stereocenters. The smallest absolute Gasteiger partial charge is 0.261 e. The SMILES string of the molecule is COc1ccc(C(=O)Nc2ccc(SCCCN3C(=O)c4ccccc4C3=O)cc2)cc1OC. The Hall–Kier alpha value is -3.78. The number of ether oxygens (including phenoxy) is 2. The van der Waals surface area contributed by atoms with Gasteiger partial charge >= 0.3 is 0 Å². The van der Waals surface area contributed by atoms with Gasteiger partial charge in [0.05, 0.1) is 25.3 Å². The molecule has 0 aromatic heterocycles. The van der Waals surface area contributed by atoms with Crippen LogP contribution in [0.2, 0.25) is 0 Å². The maximum Gasteiger partial charge on any atom is 0.261 e. The highest BCUT2D eigenvalue weighted by Crippen LogP contribution is 2.28. The van der Waals surface area contributed by atoms with Gasteiger partial charge in [0, 0.05) is 22.7 Å². The quantitative estimate of drug-likeness (QED) is 0.273. The second-order valence-corrected chi connectivity index (χ2v) is 8.73. The molecule has 34 heavy (non-hydrogen) atoms. The number of carbonyl (C=O) groups excluding carboxylic acids is 3. The number of carbonyl (C=O) groups is 3. The molecule has 3 amide bonds. The molecule has 0 saturated heterocycles. The number of anilines is 1. The van der Waals surface area contributed by atoms with Gasteiger partial charge in [-0.1, -0.05) is 12.1 Å². The second-order valence-electron chi connectivity index (χ2n) is 7.56. The summed E-state index contributed by atoms with van der Waals surface area (Å²) >= 11 is 1.63. The standard InChI is InChI=1S/C26H24N2O5S/c1-32-22-13-8-17(16-23(22)33-2)24(29)27-18-9-11-19(12-10-18)34-15-5-14-28-25(30)20-6-3-4-7-21(20)26(28)31/h3-4,6-13,16H,5,14-15H2,1-2H3,(H,27,29). The third-order valence-corrected chi connectivity index (χ3v) is 6.53. The van der Waals surface area contributed by atoms with Crippen molar-refractivity contribution in [2.24, 2.45) is 0 Å². The summed E-state index contributed by atoms with van der Waals surface area (Å²) in [6, 6.07) is 19.4. The highest BCUT2D eigenvalue weighted by Gasteiger charge is 2.34. The molecule has 0 fully saturated rings. The van der Waals surface area contributed by atoms with Crippen molar-refractivity contribution in [2.45, 2.75) is 11.3 Å². The summed E-state index contributed by atoms with van der Waals surface area (Å²) < 4.78 is 10.5. The van der Waals surface area contributed by atoms with Crippen molar-refractivity contribution in [1.29, 1.82) is 0 Å². The van der Waals surface area contributed by atoms with E-state index in [1.807, 2.05) is 24.3 Å². The van der Waals surface area contributed by atoms with Gasteiger partial charge in [0.15, 0.2) is 11.5 Å². The van der Waals surface area contributed by atoms with Gasteiger partial charge in [-0.2, -0.15) is 0 Å². The number of thioether (sulfide) groups is 1. The first-order valence-electron chi connectivity index (χ1n) is 10.7. The molecule has 0 atom stereocenters. The number of methoxy groups -OCH3 is 2. The zero-order chi connectivity index (χ0) is 24.1. The third kappa shape index (κ3) is 4.92.